The molecular formula is C11H14N2OS. The van der Waals surface area contributed by atoms with Gasteiger partial charge in [0, 0.05) is 30.9 Å². The van der Waals surface area contributed by atoms with Gasteiger partial charge in [-0.1, -0.05) is 18.3 Å². The van der Waals surface area contributed by atoms with Crippen LogP contribution in [0.2, 0.25) is 0 Å². The molecule has 80 valence electrons. The molecule has 0 spiro atoms. The maximum absolute atomic E-state index is 5.33. The summed E-state index contributed by atoms with van der Waals surface area (Å²) >= 11 is 5.10. The van der Waals surface area contributed by atoms with E-state index in [1.54, 1.807) is 6.20 Å². The van der Waals surface area contributed by atoms with Gasteiger partial charge >= 0.3 is 0 Å². The summed E-state index contributed by atoms with van der Waals surface area (Å²) in [6.07, 6.45) is 3.66. The van der Waals surface area contributed by atoms with Crippen LogP contribution in [0.3, 0.4) is 0 Å². The number of nitrogens with zero attached hydrogens (tertiary/aromatic N) is 2. The molecular weight excluding hydrogens is 208 g/mol. The Morgan fingerprint density at radius 2 is 2.27 bits per heavy atom. The average Bonchev–Trinajstić information content (AvgIpc) is 2.33. The van der Waals surface area contributed by atoms with E-state index in [2.05, 4.69) is 16.0 Å². The molecule has 3 nitrogen and oxygen atoms in total. The summed E-state index contributed by atoms with van der Waals surface area (Å²) in [5.74, 6) is 0. The van der Waals surface area contributed by atoms with Crippen LogP contribution in [0.5, 0.6) is 0 Å². The first kappa shape index (κ1) is 10.7. The minimum absolute atomic E-state index is 0.192. The van der Waals surface area contributed by atoms with E-state index in [1.807, 2.05) is 17.6 Å². The number of pyridine rings is 1. The van der Waals surface area contributed by atoms with Gasteiger partial charge in [-0.15, -0.1) is 0 Å². The minimum atomic E-state index is 0.192. The van der Waals surface area contributed by atoms with Crippen LogP contribution in [0.25, 0.3) is 0 Å². The van der Waals surface area contributed by atoms with Crippen LogP contribution < -0.4 is 0 Å². The molecule has 0 bridgehead atoms. The van der Waals surface area contributed by atoms with Crippen LogP contribution in [0.1, 0.15) is 11.6 Å². The van der Waals surface area contributed by atoms with Crippen molar-refractivity contribution in [2.75, 3.05) is 26.3 Å². The topological polar surface area (TPSA) is 25.4 Å². The minimum Gasteiger partial charge on any atom is -0.379 e. The van der Waals surface area contributed by atoms with E-state index in [4.69, 9.17) is 17.0 Å². The second-order valence-corrected chi connectivity index (χ2v) is 3.79. The van der Waals surface area contributed by atoms with Gasteiger partial charge in [-0.05, 0) is 11.6 Å². The Kier molecular flexibility index (Phi) is 3.77. The van der Waals surface area contributed by atoms with Crippen molar-refractivity contribution in [3.8, 4) is 0 Å². The van der Waals surface area contributed by atoms with Crippen LogP contribution in [-0.2, 0) is 4.74 Å². The number of ether oxygens (including phenoxy) is 1. The molecule has 1 aromatic heterocycles. The lowest BCUT2D eigenvalue weighted by molar-refractivity contribution is 0.0297. The summed E-state index contributed by atoms with van der Waals surface area (Å²) in [6, 6.07) is 4.20. The highest BCUT2D eigenvalue weighted by atomic mass is 32.1. The fourth-order valence-corrected chi connectivity index (χ4v) is 2.11. The van der Waals surface area contributed by atoms with Crippen LogP contribution >= 0.6 is 12.2 Å². The van der Waals surface area contributed by atoms with Gasteiger partial charge in [-0.25, -0.2) is 0 Å². The van der Waals surface area contributed by atoms with Crippen molar-refractivity contribution in [3.63, 3.8) is 0 Å². The standard InChI is InChI=1S/C11H14N2OS/c15-9-11(10-2-1-3-12-8-10)13-4-6-14-7-5-13/h1-3,8-9,11H,4-7H2. The molecule has 0 aromatic carbocycles. The number of hydrogen-bond acceptors (Lipinski definition) is 4. The number of aromatic nitrogens is 1. The monoisotopic (exact) mass is 222 g/mol. The summed E-state index contributed by atoms with van der Waals surface area (Å²) in [5.41, 5.74) is 1.16. The van der Waals surface area contributed by atoms with E-state index in [-0.39, 0.29) is 6.04 Å². The maximum Gasteiger partial charge on any atom is 0.0651 e. The van der Waals surface area contributed by atoms with Crippen molar-refractivity contribution in [1.29, 1.82) is 0 Å². The lowest BCUT2D eigenvalue weighted by atomic mass is 10.1. The summed E-state index contributed by atoms with van der Waals surface area (Å²) in [5, 5.41) is 1.81. The molecule has 1 fully saturated rings. The van der Waals surface area contributed by atoms with Gasteiger partial charge in [0.25, 0.3) is 0 Å². The molecule has 1 aromatic rings. The van der Waals surface area contributed by atoms with E-state index in [9.17, 15) is 0 Å². The molecule has 0 N–H and O–H groups in total. The molecule has 0 aliphatic carbocycles. The third-order valence-corrected chi connectivity index (χ3v) is 2.85. The van der Waals surface area contributed by atoms with E-state index in [1.165, 1.54) is 0 Å². The highest BCUT2D eigenvalue weighted by Gasteiger charge is 2.20. The first-order chi connectivity index (χ1) is 7.42. The zero-order valence-electron chi connectivity index (χ0n) is 8.50. The van der Waals surface area contributed by atoms with Crippen molar-refractivity contribution in [2.24, 2.45) is 0 Å². The Labute approximate surface area is 95.1 Å². The molecule has 1 aliphatic heterocycles. The third kappa shape index (κ3) is 2.59. The molecule has 0 saturated carbocycles. The summed E-state index contributed by atoms with van der Waals surface area (Å²) in [7, 11) is 0. The van der Waals surface area contributed by atoms with Crippen LogP contribution in [0, 0.1) is 0 Å². The predicted octanol–water partition coefficient (Wildman–Crippen LogP) is 1.45. The van der Waals surface area contributed by atoms with Crippen LogP contribution in [0.4, 0.5) is 0 Å². The summed E-state index contributed by atoms with van der Waals surface area (Å²) in [4.78, 5) is 6.45. The molecule has 1 atom stereocenters. The first-order valence-corrected chi connectivity index (χ1v) is 5.56. The normalized spacial score (nSPS) is 19.7. The van der Waals surface area contributed by atoms with E-state index < -0.39 is 0 Å². The zero-order chi connectivity index (χ0) is 10.5. The van der Waals surface area contributed by atoms with E-state index in [0.29, 0.717) is 0 Å². The maximum atomic E-state index is 5.33. The smallest absolute Gasteiger partial charge is 0.0651 e. The van der Waals surface area contributed by atoms with Gasteiger partial charge in [0.2, 0.25) is 0 Å². The van der Waals surface area contributed by atoms with Crippen LogP contribution in [0.15, 0.2) is 24.5 Å². The molecule has 0 amide bonds. The van der Waals surface area contributed by atoms with Crippen molar-refractivity contribution in [3.05, 3.63) is 30.1 Å². The molecule has 2 rings (SSSR count). The molecule has 1 unspecified atom stereocenters. The van der Waals surface area contributed by atoms with Crippen LogP contribution in [-0.4, -0.2) is 41.6 Å². The fourth-order valence-electron chi connectivity index (χ4n) is 1.78. The van der Waals surface area contributed by atoms with Gasteiger partial charge in [-0.2, -0.15) is 0 Å². The molecule has 4 heteroatoms. The summed E-state index contributed by atoms with van der Waals surface area (Å²) in [6.45, 7) is 3.46. The second kappa shape index (κ2) is 5.30. The second-order valence-electron chi connectivity index (χ2n) is 3.52. The quantitative estimate of drug-likeness (QED) is 0.723. The number of hydrogen-bond donors (Lipinski definition) is 0. The highest BCUT2D eigenvalue weighted by molar-refractivity contribution is 7.79. The molecule has 15 heavy (non-hydrogen) atoms. The van der Waals surface area contributed by atoms with E-state index >= 15 is 0 Å². The Morgan fingerprint density at radius 3 is 2.87 bits per heavy atom. The highest BCUT2D eigenvalue weighted by Crippen LogP contribution is 2.18. The molecule has 0 radical (unpaired) electrons. The number of rotatable bonds is 3. The Bertz CT molecular complexity index is 312. The van der Waals surface area contributed by atoms with Gasteiger partial charge in [0.05, 0.1) is 19.3 Å². The summed E-state index contributed by atoms with van der Waals surface area (Å²) < 4.78 is 5.33. The average molecular weight is 222 g/mol. The van der Waals surface area contributed by atoms with Gasteiger partial charge in [0.1, 0.15) is 0 Å². The van der Waals surface area contributed by atoms with Crippen molar-refractivity contribution < 1.29 is 4.74 Å². The zero-order valence-corrected chi connectivity index (χ0v) is 9.32. The number of thiocarbonyl (C=S) groups is 1. The van der Waals surface area contributed by atoms with Crippen molar-refractivity contribution in [1.82, 2.24) is 9.88 Å². The number of morpholine rings is 1. The van der Waals surface area contributed by atoms with Gasteiger partial charge < -0.3 is 4.74 Å². The Morgan fingerprint density at radius 1 is 1.47 bits per heavy atom. The fraction of sp³-hybridized carbons (Fsp3) is 0.455. The Hall–Kier alpha value is -0.840. The third-order valence-electron chi connectivity index (χ3n) is 2.59. The van der Waals surface area contributed by atoms with E-state index in [0.717, 1.165) is 31.9 Å². The lowest BCUT2D eigenvalue weighted by Gasteiger charge is -2.32. The largest absolute Gasteiger partial charge is 0.379 e. The SMILES string of the molecule is S=CC(c1cccnc1)N1CCOCC1. The predicted molar refractivity (Wildman–Crippen MR) is 63.0 cm³/mol. The van der Waals surface area contributed by atoms with Crippen molar-refractivity contribution in [2.45, 2.75) is 6.04 Å². The Balaban J connectivity index is 2.12. The van der Waals surface area contributed by atoms with Gasteiger partial charge in [0.15, 0.2) is 0 Å². The molecule has 1 saturated heterocycles. The molecule has 1 aliphatic rings. The van der Waals surface area contributed by atoms with Crippen molar-refractivity contribution >= 4 is 17.6 Å². The van der Waals surface area contributed by atoms with Gasteiger partial charge in [-0.3, -0.25) is 9.88 Å². The lowest BCUT2D eigenvalue weighted by Crippen LogP contribution is -2.39. The molecule has 2 heterocycles. The first-order valence-electron chi connectivity index (χ1n) is 5.09.